The Kier molecular flexibility index (Phi) is 12.3. The SMILES string of the molecule is Cc1nccc(-c2ccc(C[C@H](NC(=O)[C@@H]3Cc4cc5c(cc4CN3C(=O)C3CCCCN3)O[C@@H](c3ccc(OCc4ccc(Cl)c(Cl)c4)cc3)CO5)C(=O)O)cc2)c1C. The van der Waals surface area contributed by atoms with E-state index in [0.717, 1.165) is 63.0 Å². The molecule has 0 aliphatic carbocycles. The zero-order chi connectivity index (χ0) is 41.9. The van der Waals surface area contributed by atoms with Crippen molar-refractivity contribution in [1.29, 1.82) is 0 Å². The second-order valence-corrected chi connectivity index (χ2v) is 16.5. The highest BCUT2D eigenvalue weighted by Crippen LogP contribution is 2.41. The quantitative estimate of drug-likeness (QED) is 0.121. The third-order valence-corrected chi connectivity index (χ3v) is 12.4. The topological polar surface area (TPSA) is 139 Å². The molecule has 0 spiro atoms. The summed E-state index contributed by atoms with van der Waals surface area (Å²) in [6.07, 6.45) is 4.18. The molecule has 1 saturated heterocycles. The number of carbonyl (C=O) groups is 3. The molecular weight excluding hydrogens is 803 g/mol. The molecule has 3 aliphatic heterocycles. The number of carboxylic acid groups (broad SMARTS) is 1. The fourth-order valence-corrected chi connectivity index (χ4v) is 8.42. The number of carboxylic acids is 1. The van der Waals surface area contributed by atoms with Gasteiger partial charge in [-0.1, -0.05) is 72.1 Å². The maximum Gasteiger partial charge on any atom is 0.326 e. The van der Waals surface area contributed by atoms with Gasteiger partial charge in [0.2, 0.25) is 11.8 Å². The summed E-state index contributed by atoms with van der Waals surface area (Å²) in [6.45, 7) is 5.45. The number of hydrogen-bond donors (Lipinski definition) is 3. The van der Waals surface area contributed by atoms with E-state index in [4.69, 9.17) is 37.4 Å². The lowest BCUT2D eigenvalue weighted by atomic mass is 9.90. The van der Waals surface area contributed by atoms with Crippen molar-refractivity contribution < 1.29 is 33.7 Å². The van der Waals surface area contributed by atoms with Gasteiger partial charge in [-0.2, -0.15) is 0 Å². The summed E-state index contributed by atoms with van der Waals surface area (Å²) in [4.78, 5) is 46.9. The van der Waals surface area contributed by atoms with Gasteiger partial charge < -0.3 is 34.9 Å². The molecule has 0 bridgehead atoms. The lowest BCUT2D eigenvalue weighted by molar-refractivity contribution is -0.146. The van der Waals surface area contributed by atoms with Gasteiger partial charge in [0, 0.05) is 31.3 Å². The molecule has 4 atom stereocenters. The summed E-state index contributed by atoms with van der Waals surface area (Å²) < 4.78 is 18.7. The van der Waals surface area contributed by atoms with Gasteiger partial charge in [-0.05, 0) is 120 Å². The molecule has 1 unspecified atom stereocenters. The lowest BCUT2D eigenvalue weighted by Crippen LogP contribution is -2.59. The summed E-state index contributed by atoms with van der Waals surface area (Å²) in [5, 5.41) is 17.4. The molecule has 8 rings (SSSR count). The highest BCUT2D eigenvalue weighted by Gasteiger charge is 2.40. The van der Waals surface area contributed by atoms with Crippen molar-refractivity contribution in [3.8, 4) is 28.4 Å². The van der Waals surface area contributed by atoms with Gasteiger partial charge in [0.1, 0.15) is 31.0 Å². The molecule has 2 amide bonds. The maximum atomic E-state index is 14.2. The van der Waals surface area contributed by atoms with Gasteiger partial charge in [-0.25, -0.2) is 4.79 Å². The van der Waals surface area contributed by atoms with E-state index < -0.39 is 30.0 Å². The first-order valence-electron chi connectivity index (χ1n) is 20.2. The van der Waals surface area contributed by atoms with Crippen molar-refractivity contribution in [3.05, 3.63) is 140 Å². The monoisotopic (exact) mass is 848 g/mol. The molecular formula is C47H46Cl2N4O7. The number of pyridine rings is 1. The Labute approximate surface area is 359 Å². The van der Waals surface area contributed by atoms with Gasteiger partial charge in [0.15, 0.2) is 17.6 Å². The number of ether oxygens (including phenoxy) is 3. The number of nitrogens with zero attached hydrogens (tertiary/aromatic N) is 2. The first kappa shape index (κ1) is 41.1. The third kappa shape index (κ3) is 9.08. The van der Waals surface area contributed by atoms with E-state index >= 15 is 0 Å². The lowest BCUT2D eigenvalue weighted by Gasteiger charge is -2.40. The number of aromatic nitrogens is 1. The van der Waals surface area contributed by atoms with Crippen LogP contribution in [0, 0.1) is 13.8 Å². The fraction of sp³-hybridized carbons (Fsp3) is 0.319. The van der Waals surface area contributed by atoms with Crippen molar-refractivity contribution in [2.45, 2.75) is 83.3 Å². The van der Waals surface area contributed by atoms with Gasteiger partial charge in [0.05, 0.1) is 16.1 Å². The van der Waals surface area contributed by atoms with E-state index in [0.29, 0.717) is 46.9 Å². The van der Waals surface area contributed by atoms with Crippen LogP contribution in [0.25, 0.3) is 11.1 Å². The Morgan fingerprint density at radius 2 is 1.70 bits per heavy atom. The van der Waals surface area contributed by atoms with Gasteiger partial charge >= 0.3 is 5.97 Å². The molecule has 4 aromatic carbocycles. The predicted octanol–water partition coefficient (Wildman–Crippen LogP) is 7.97. The number of carbonyl (C=O) groups excluding carboxylic acids is 2. The predicted molar refractivity (Wildman–Crippen MR) is 229 cm³/mol. The number of fused-ring (bicyclic) bond motifs is 2. The van der Waals surface area contributed by atoms with Crippen molar-refractivity contribution in [1.82, 2.24) is 20.5 Å². The van der Waals surface area contributed by atoms with Crippen LogP contribution in [0.4, 0.5) is 0 Å². The smallest absolute Gasteiger partial charge is 0.326 e. The number of benzene rings is 4. The second kappa shape index (κ2) is 17.9. The van der Waals surface area contributed by atoms with Crippen molar-refractivity contribution in [2.75, 3.05) is 13.2 Å². The molecule has 11 nitrogen and oxygen atoms in total. The molecule has 0 saturated carbocycles. The van der Waals surface area contributed by atoms with Crippen LogP contribution in [-0.4, -0.2) is 64.1 Å². The molecule has 1 aromatic heterocycles. The number of hydrogen-bond acceptors (Lipinski definition) is 8. The summed E-state index contributed by atoms with van der Waals surface area (Å²) in [5.41, 5.74) is 8.31. The molecule has 3 aliphatic rings. The van der Waals surface area contributed by atoms with Crippen LogP contribution in [0.2, 0.25) is 10.0 Å². The average molecular weight is 850 g/mol. The Morgan fingerprint density at radius 3 is 2.43 bits per heavy atom. The Morgan fingerprint density at radius 1 is 0.933 bits per heavy atom. The normalized spacial score (nSPS) is 18.9. The molecule has 13 heteroatoms. The largest absolute Gasteiger partial charge is 0.489 e. The molecule has 0 radical (unpaired) electrons. The summed E-state index contributed by atoms with van der Waals surface area (Å²) in [7, 11) is 0. The second-order valence-electron chi connectivity index (χ2n) is 15.6. The van der Waals surface area contributed by atoms with E-state index in [-0.39, 0.29) is 38.0 Å². The number of nitrogens with one attached hydrogen (secondary N) is 2. The first-order valence-corrected chi connectivity index (χ1v) is 21.0. The van der Waals surface area contributed by atoms with E-state index in [2.05, 4.69) is 15.6 Å². The number of aliphatic carboxylic acids is 1. The zero-order valence-electron chi connectivity index (χ0n) is 33.4. The van der Waals surface area contributed by atoms with Crippen LogP contribution < -0.4 is 24.8 Å². The zero-order valence-corrected chi connectivity index (χ0v) is 34.9. The number of piperidine rings is 1. The van der Waals surface area contributed by atoms with Gasteiger partial charge in [0.25, 0.3) is 0 Å². The van der Waals surface area contributed by atoms with Gasteiger partial charge in [-0.3, -0.25) is 14.6 Å². The van der Waals surface area contributed by atoms with Crippen LogP contribution in [-0.2, 0) is 40.4 Å². The van der Waals surface area contributed by atoms with Crippen molar-refractivity contribution in [3.63, 3.8) is 0 Å². The number of halogens is 2. The summed E-state index contributed by atoms with van der Waals surface area (Å²) >= 11 is 12.2. The number of rotatable bonds is 11. The minimum absolute atomic E-state index is 0.0749. The van der Waals surface area contributed by atoms with Crippen LogP contribution in [0.1, 0.15) is 64.4 Å². The minimum Gasteiger partial charge on any atom is -0.489 e. The first-order chi connectivity index (χ1) is 29.0. The standard InChI is InChI=1S/C47H46Cl2N4O7/c1-27-28(2)50-18-16-36(27)31-9-6-29(7-10-31)20-40(47(56)57)52-45(54)41-21-33-22-42-43(23-34(33)24-53(41)46(55)39-5-3-4-17-51-39)60-44(26-59-42)32-11-13-35(14-12-32)58-25-30-8-15-37(48)38(49)19-30/h6-16,18-19,22-23,39-41,44,51H,3-5,17,20-21,24-26H2,1-2H3,(H,52,54)(H,56,57)/t39?,40-,41-,44+/m0/s1. The third-order valence-electron chi connectivity index (χ3n) is 11.7. The Balaban J connectivity index is 0.971. The average Bonchev–Trinajstić information content (AvgIpc) is 3.26. The molecule has 1 fully saturated rings. The summed E-state index contributed by atoms with van der Waals surface area (Å²) in [5.74, 6) is -0.0847. The van der Waals surface area contributed by atoms with Crippen LogP contribution in [0.5, 0.6) is 17.2 Å². The molecule has 310 valence electrons. The number of amides is 2. The van der Waals surface area contributed by atoms with Crippen molar-refractivity contribution in [2.24, 2.45) is 0 Å². The summed E-state index contributed by atoms with van der Waals surface area (Å²) in [6, 6.07) is 23.9. The van der Waals surface area contributed by atoms with Crippen LogP contribution in [0.3, 0.4) is 0 Å². The highest BCUT2D eigenvalue weighted by molar-refractivity contribution is 6.42. The van der Waals surface area contributed by atoms with Crippen molar-refractivity contribution >= 4 is 41.0 Å². The number of aryl methyl sites for hydroxylation is 1. The maximum absolute atomic E-state index is 14.2. The Bertz CT molecular complexity index is 2400. The van der Waals surface area contributed by atoms with Crippen LogP contribution >= 0.6 is 23.2 Å². The van der Waals surface area contributed by atoms with E-state index in [1.807, 2.05) is 86.6 Å². The van der Waals surface area contributed by atoms with Gasteiger partial charge in [-0.15, -0.1) is 0 Å². The minimum atomic E-state index is -1.21. The van der Waals surface area contributed by atoms with Crippen LogP contribution in [0.15, 0.2) is 91.1 Å². The fourth-order valence-electron chi connectivity index (χ4n) is 8.10. The van der Waals surface area contributed by atoms with E-state index in [1.165, 1.54) is 0 Å². The molecule has 5 aromatic rings. The highest BCUT2D eigenvalue weighted by atomic mass is 35.5. The van der Waals surface area contributed by atoms with E-state index in [9.17, 15) is 19.5 Å². The van der Waals surface area contributed by atoms with E-state index in [1.54, 1.807) is 23.2 Å². The molecule has 4 heterocycles. The Hall–Kier alpha value is -5.62. The molecule has 60 heavy (non-hydrogen) atoms. The molecule has 3 N–H and O–H groups in total.